The van der Waals surface area contributed by atoms with Gasteiger partial charge in [0.25, 0.3) is 5.91 Å². The quantitative estimate of drug-likeness (QED) is 0.395. The lowest BCUT2D eigenvalue weighted by atomic mass is 9.80. The monoisotopic (exact) mass is 571 g/mol. The van der Waals surface area contributed by atoms with Gasteiger partial charge in [-0.3, -0.25) is 14.4 Å². The molecule has 0 radical (unpaired) electrons. The second kappa shape index (κ2) is 14.1. The van der Waals surface area contributed by atoms with Crippen LogP contribution in [0.2, 0.25) is 0 Å². The standard InChI is InChI=1S/C32H40F3N3O3/c1-20(2)31(40)30(21-7-4-3-5-8-21)37-32(41)26-15-22(11-13-27(26)34)24-9-6-14-38(19-24)29(39)18-36-17-23-10-12-25(33)16-28(23)35/h10-13,15-16,20-21,24,30,36H,3-9,14,17-19H2,1-2H3,(H,37,41)/t24?,30-/m1/s1. The third-order valence-corrected chi connectivity index (χ3v) is 8.37. The molecule has 222 valence electrons. The van der Waals surface area contributed by atoms with E-state index in [0.717, 1.165) is 56.6 Å². The van der Waals surface area contributed by atoms with Crippen molar-refractivity contribution in [1.82, 2.24) is 15.5 Å². The Bertz CT molecular complexity index is 1250. The number of nitrogens with zero attached hydrogens (tertiary/aromatic N) is 1. The van der Waals surface area contributed by atoms with Gasteiger partial charge in [0.2, 0.25) is 5.91 Å². The molecule has 1 heterocycles. The number of piperidine rings is 1. The van der Waals surface area contributed by atoms with Gasteiger partial charge in [-0.25, -0.2) is 13.2 Å². The molecule has 1 saturated heterocycles. The van der Waals surface area contributed by atoms with Gasteiger partial charge >= 0.3 is 0 Å². The van der Waals surface area contributed by atoms with Crippen LogP contribution in [0.3, 0.4) is 0 Å². The molecule has 9 heteroatoms. The lowest BCUT2D eigenvalue weighted by Gasteiger charge is -2.33. The summed E-state index contributed by atoms with van der Waals surface area (Å²) in [7, 11) is 0. The molecule has 2 N–H and O–H groups in total. The number of halogens is 3. The number of ketones is 1. The Kier molecular flexibility index (Phi) is 10.6. The van der Waals surface area contributed by atoms with Crippen molar-refractivity contribution < 1.29 is 27.6 Å². The number of rotatable bonds is 10. The zero-order valence-corrected chi connectivity index (χ0v) is 23.9. The third kappa shape index (κ3) is 7.97. The minimum Gasteiger partial charge on any atom is -0.342 e. The highest BCUT2D eigenvalue weighted by molar-refractivity contribution is 5.98. The number of likely N-dealkylation sites (tertiary alicyclic amines) is 1. The van der Waals surface area contributed by atoms with Crippen molar-refractivity contribution in [1.29, 1.82) is 0 Å². The summed E-state index contributed by atoms with van der Waals surface area (Å²) >= 11 is 0. The largest absolute Gasteiger partial charge is 0.342 e. The smallest absolute Gasteiger partial charge is 0.254 e. The van der Waals surface area contributed by atoms with Crippen LogP contribution in [0.5, 0.6) is 0 Å². The molecule has 6 nitrogen and oxygen atoms in total. The van der Waals surface area contributed by atoms with Crippen LogP contribution < -0.4 is 10.6 Å². The van der Waals surface area contributed by atoms with E-state index in [1.54, 1.807) is 17.0 Å². The first-order valence-corrected chi connectivity index (χ1v) is 14.7. The fraction of sp³-hybridized carbons (Fsp3) is 0.531. The maximum Gasteiger partial charge on any atom is 0.254 e. The summed E-state index contributed by atoms with van der Waals surface area (Å²) < 4.78 is 41.9. The first kappa shape index (κ1) is 30.8. The molecule has 2 aliphatic rings. The minimum absolute atomic E-state index is 0.00690. The maximum atomic E-state index is 14.9. The first-order valence-electron chi connectivity index (χ1n) is 14.7. The molecule has 2 aromatic carbocycles. The number of hydrogen-bond donors (Lipinski definition) is 2. The fourth-order valence-corrected chi connectivity index (χ4v) is 5.99. The molecule has 1 saturated carbocycles. The summed E-state index contributed by atoms with van der Waals surface area (Å²) in [4.78, 5) is 40.9. The van der Waals surface area contributed by atoms with Crippen molar-refractivity contribution in [2.24, 2.45) is 11.8 Å². The normalized spacial score (nSPS) is 18.8. The number of nitrogens with one attached hydrogen (secondary N) is 2. The zero-order valence-electron chi connectivity index (χ0n) is 23.9. The van der Waals surface area contributed by atoms with E-state index in [1.807, 2.05) is 13.8 Å². The Labute approximate surface area is 240 Å². The molecule has 2 fully saturated rings. The molecule has 2 amide bonds. The molecule has 2 aromatic rings. The molecule has 2 atom stereocenters. The van der Waals surface area contributed by atoms with Crippen molar-refractivity contribution in [3.63, 3.8) is 0 Å². The second-order valence-electron chi connectivity index (χ2n) is 11.7. The maximum absolute atomic E-state index is 14.9. The molecule has 1 aliphatic carbocycles. The van der Waals surface area contributed by atoms with Crippen molar-refractivity contribution in [2.45, 2.75) is 77.3 Å². The number of carbonyl (C=O) groups excluding carboxylic acids is 3. The number of amides is 2. The Morgan fingerprint density at radius 1 is 0.927 bits per heavy atom. The lowest BCUT2D eigenvalue weighted by molar-refractivity contribution is -0.131. The molecule has 0 bridgehead atoms. The highest BCUT2D eigenvalue weighted by Gasteiger charge is 2.33. The predicted octanol–water partition coefficient (Wildman–Crippen LogP) is 5.50. The first-order chi connectivity index (χ1) is 19.6. The summed E-state index contributed by atoms with van der Waals surface area (Å²) in [5, 5.41) is 5.80. The van der Waals surface area contributed by atoms with E-state index in [1.165, 1.54) is 18.2 Å². The van der Waals surface area contributed by atoms with Crippen molar-refractivity contribution >= 4 is 17.6 Å². The number of benzene rings is 2. The summed E-state index contributed by atoms with van der Waals surface area (Å²) in [5.41, 5.74) is 0.944. The number of Topliss-reactive ketones (excluding diaryl/α,β-unsaturated/α-hetero) is 1. The van der Waals surface area contributed by atoms with Crippen LogP contribution in [0.4, 0.5) is 13.2 Å². The summed E-state index contributed by atoms with van der Waals surface area (Å²) in [5.74, 6) is -3.01. The number of hydrogen-bond acceptors (Lipinski definition) is 4. The van der Waals surface area contributed by atoms with Crippen LogP contribution in [-0.2, 0) is 16.1 Å². The van der Waals surface area contributed by atoms with Crippen molar-refractivity contribution in [3.05, 3.63) is 70.5 Å². The molecule has 0 aromatic heterocycles. The van der Waals surface area contributed by atoms with Gasteiger partial charge in [-0.05, 0) is 55.4 Å². The van der Waals surface area contributed by atoms with Crippen LogP contribution in [0, 0.1) is 29.3 Å². The van der Waals surface area contributed by atoms with Crippen LogP contribution in [0.15, 0.2) is 36.4 Å². The van der Waals surface area contributed by atoms with Crippen LogP contribution in [-0.4, -0.2) is 48.2 Å². The SMILES string of the molecule is CC(C)C(=O)[C@H](NC(=O)c1cc(C2CCCN(C(=O)CNCc3ccc(F)cc3F)C2)ccc1F)C1CCCCC1. The van der Waals surface area contributed by atoms with Gasteiger partial charge in [0, 0.05) is 43.1 Å². The molecule has 41 heavy (non-hydrogen) atoms. The Morgan fingerprint density at radius 3 is 2.39 bits per heavy atom. The van der Waals surface area contributed by atoms with Gasteiger partial charge in [0.15, 0.2) is 5.78 Å². The van der Waals surface area contributed by atoms with E-state index in [0.29, 0.717) is 13.1 Å². The van der Waals surface area contributed by atoms with Gasteiger partial charge < -0.3 is 15.5 Å². The third-order valence-electron chi connectivity index (χ3n) is 8.37. The van der Waals surface area contributed by atoms with Gasteiger partial charge in [0.1, 0.15) is 17.5 Å². The van der Waals surface area contributed by atoms with Crippen molar-refractivity contribution in [2.75, 3.05) is 19.6 Å². The fourth-order valence-electron chi connectivity index (χ4n) is 5.99. The minimum atomic E-state index is -0.669. The Morgan fingerprint density at radius 2 is 1.68 bits per heavy atom. The molecular formula is C32H40F3N3O3. The van der Waals surface area contributed by atoms with E-state index in [-0.39, 0.29) is 53.7 Å². The van der Waals surface area contributed by atoms with Gasteiger partial charge in [-0.1, -0.05) is 45.2 Å². The van der Waals surface area contributed by atoms with E-state index < -0.39 is 29.4 Å². The Balaban J connectivity index is 1.40. The molecular weight excluding hydrogens is 531 g/mol. The average molecular weight is 572 g/mol. The van der Waals surface area contributed by atoms with Gasteiger partial charge in [0.05, 0.1) is 18.2 Å². The van der Waals surface area contributed by atoms with E-state index >= 15 is 0 Å². The summed E-state index contributed by atoms with van der Waals surface area (Å²) in [6.07, 6.45) is 6.41. The van der Waals surface area contributed by atoms with Crippen LogP contribution in [0.25, 0.3) is 0 Å². The van der Waals surface area contributed by atoms with Gasteiger partial charge in [-0.15, -0.1) is 0 Å². The second-order valence-corrected chi connectivity index (χ2v) is 11.7. The highest BCUT2D eigenvalue weighted by atomic mass is 19.1. The predicted molar refractivity (Wildman–Crippen MR) is 151 cm³/mol. The molecule has 1 unspecified atom stereocenters. The van der Waals surface area contributed by atoms with E-state index in [2.05, 4.69) is 10.6 Å². The van der Waals surface area contributed by atoms with Crippen LogP contribution >= 0.6 is 0 Å². The molecule has 4 rings (SSSR count). The summed E-state index contributed by atoms with van der Waals surface area (Å²) in [6.45, 7) is 4.70. The Hall–Kier alpha value is -3.20. The topological polar surface area (TPSA) is 78.5 Å². The highest BCUT2D eigenvalue weighted by Crippen LogP contribution is 2.30. The molecule has 0 spiro atoms. The lowest BCUT2D eigenvalue weighted by Crippen LogP contribution is -2.48. The number of carbonyl (C=O) groups is 3. The van der Waals surface area contributed by atoms with E-state index in [9.17, 15) is 27.6 Å². The van der Waals surface area contributed by atoms with E-state index in [4.69, 9.17) is 0 Å². The van der Waals surface area contributed by atoms with Gasteiger partial charge in [-0.2, -0.15) is 0 Å². The average Bonchev–Trinajstić information content (AvgIpc) is 2.97. The zero-order chi connectivity index (χ0) is 29.5. The van der Waals surface area contributed by atoms with Crippen molar-refractivity contribution in [3.8, 4) is 0 Å². The summed E-state index contributed by atoms with van der Waals surface area (Å²) in [6, 6.07) is 7.18. The molecule has 1 aliphatic heterocycles. The van der Waals surface area contributed by atoms with Crippen LogP contribution in [0.1, 0.15) is 86.2 Å².